The fourth-order valence-corrected chi connectivity index (χ4v) is 3.31. The second-order valence-electron chi connectivity index (χ2n) is 6.34. The highest BCUT2D eigenvalue weighted by Crippen LogP contribution is 2.22. The molecule has 1 saturated heterocycles. The minimum absolute atomic E-state index is 0.0859. The lowest BCUT2D eigenvalue weighted by molar-refractivity contribution is 0.131. The van der Waals surface area contributed by atoms with Crippen molar-refractivity contribution in [3.05, 3.63) is 28.7 Å². The fraction of sp³-hybridized carbons (Fsp3) is 0.562. The van der Waals surface area contributed by atoms with Crippen LogP contribution < -0.4 is 5.69 Å². The number of phenolic OH excluding ortho intramolecular Hbond substituents is 1. The zero-order chi connectivity index (χ0) is 15.0. The second-order valence-corrected chi connectivity index (χ2v) is 6.34. The van der Waals surface area contributed by atoms with E-state index in [1.54, 1.807) is 12.1 Å². The highest BCUT2D eigenvalue weighted by Gasteiger charge is 2.23. The molecule has 0 amide bonds. The van der Waals surface area contributed by atoms with Crippen LogP contribution in [-0.4, -0.2) is 38.7 Å². The lowest BCUT2D eigenvalue weighted by atomic mass is 9.97. The molecule has 0 aliphatic carbocycles. The number of piperidine rings is 1. The van der Waals surface area contributed by atoms with E-state index in [1.807, 2.05) is 10.6 Å². The van der Waals surface area contributed by atoms with Crippen molar-refractivity contribution in [3.63, 3.8) is 0 Å². The van der Waals surface area contributed by atoms with Gasteiger partial charge in [0, 0.05) is 25.2 Å². The SMILES string of the molecule is CC(C)N1CCCC(Cn2c(=O)[nH]c3cc(O)ccc32)C1. The summed E-state index contributed by atoms with van der Waals surface area (Å²) in [5.41, 5.74) is 1.49. The van der Waals surface area contributed by atoms with E-state index in [0.717, 1.165) is 25.2 Å². The molecule has 3 rings (SSSR count). The van der Waals surface area contributed by atoms with E-state index in [0.29, 0.717) is 17.5 Å². The number of nitrogens with one attached hydrogen (secondary N) is 1. The summed E-state index contributed by atoms with van der Waals surface area (Å²) < 4.78 is 1.81. The molecule has 1 aliphatic rings. The Balaban J connectivity index is 1.84. The van der Waals surface area contributed by atoms with E-state index in [-0.39, 0.29) is 11.4 Å². The molecule has 1 aromatic heterocycles. The molecule has 5 heteroatoms. The molecule has 0 bridgehead atoms. The van der Waals surface area contributed by atoms with Gasteiger partial charge in [-0.05, 0) is 51.3 Å². The van der Waals surface area contributed by atoms with Crippen molar-refractivity contribution >= 4 is 11.0 Å². The van der Waals surface area contributed by atoms with E-state index in [4.69, 9.17) is 0 Å². The maximum absolute atomic E-state index is 12.2. The second kappa shape index (κ2) is 5.56. The molecule has 2 N–H and O–H groups in total. The molecule has 2 aromatic rings. The molecule has 1 aromatic carbocycles. The molecule has 1 aliphatic heterocycles. The number of phenols is 1. The summed E-state index contributed by atoms with van der Waals surface area (Å²) in [6.07, 6.45) is 2.36. The van der Waals surface area contributed by atoms with E-state index >= 15 is 0 Å². The first kappa shape index (κ1) is 14.2. The van der Waals surface area contributed by atoms with Gasteiger partial charge in [0.1, 0.15) is 5.75 Å². The summed E-state index contributed by atoms with van der Waals surface area (Å²) in [5, 5.41) is 9.51. The van der Waals surface area contributed by atoms with Crippen LogP contribution in [0.4, 0.5) is 0 Å². The number of imidazole rings is 1. The van der Waals surface area contributed by atoms with Gasteiger partial charge in [-0.25, -0.2) is 4.79 Å². The summed E-state index contributed by atoms with van der Waals surface area (Å²) in [6, 6.07) is 5.61. The summed E-state index contributed by atoms with van der Waals surface area (Å²) >= 11 is 0. The summed E-state index contributed by atoms with van der Waals surface area (Å²) in [5.74, 6) is 0.686. The van der Waals surface area contributed by atoms with E-state index in [1.165, 1.54) is 12.8 Å². The number of benzene rings is 1. The van der Waals surface area contributed by atoms with Crippen LogP contribution in [0.2, 0.25) is 0 Å². The lowest BCUT2D eigenvalue weighted by Crippen LogP contribution is -2.41. The van der Waals surface area contributed by atoms with Crippen molar-refractivity contribution in [3.8, 4) is 5.75 Å². The van der Waals surface area contributed by atoms with Crippen molar-refractivity contribution in [1.82, 2.24) is 14.5 Å². The molecule has 114 valence electrons. The number of likely N-dealkylation sites (tertiary alicyclic amines) is 1. The van der Waals surface area contributed by atoms with Crippen molar-refractivity contribution in [2.45, 2.75) is 39.3 Å². The van der Waals surface area contributed by atoms with Crippen LogP contribution in [-0.2, 0) is 6.54 Å². The van der Waals surface area contributed by atoms with Crippen LogP contribution in [0.5, 0.6) is 5.75 Å². The van der Waals surface area contributed by atoms with Gasteiger partial charge in [-0.3, -0.25) is 4.57 Å². The van der Waals surface area contributed by atoms with Gasteiger partial charge in [0.25, 0.3) is 0 Å². The average Bonchev–Trinajstić information content (AvgIpc) is 2.74. The van der Waals surface area contributed by atoms with Gasteiger partial charge in [0.2, 0.25) is 0 Å². The number of aromatic nitrogens is 2. The largest absolute Gasteiger partial charge is 0.508 e. The predicted octanol–water partition coefficient (Wildman–Crippen LogP) is 2.16. The lowest BCUT2D eigenvalue weighted by Gasteiger charge is -2.35. The average molecular weight is 289 g/mol. The minimum atomic E-state index is -0.0859. The van der Waals surface area contributed by atoms with Crippen molar-refractivity contribution in [2.75, 3.05) is 13.1 Å². The molecule has 1 atom stereocenters. The van der Waals surface area contributed by atoms with Crippen LogP contribution >= 0.6 is 0 Å². The fourth-order valence-electron chi connectivity index (χ4n) is 3.31. The Morgan fingerprint density at radius 2 is 2.24 bits per heavy atom. The standard InChI is InChI=1S/C16H23N3O2/c1-11(2)18-7-3-4-12(9-18)10-19-15-6-5-13(20)8-14(15)17-16(19)21/h5-6,8,11-12,20H,3-4,7,9-10H2,1-2H3,(H,17,21). The first-order valence-corrected chi connectivity index (χ1v) is 7.70. The highest BCUT2D eigenvalue weighted by atomic mass is 16.3. The quantitative estimate of drug-likeness (QED) is 0.910. The van der Waals surface area contributed by atoms with Crippen LogP contribution in [0.15, 0.2) is 23.0 Å². The first-order chi connectivity index (χ1) is 10.0. The Morgan fingerprint density at radius 3 is 3.00 bits per heavy atom. The van der Waals surface area contributed by atoms with Crippen molar-refractivity contribution in [2.24, 2.45) is 5.92 Å². The van der Waals surface area contributed by atoms with Gasteiger partial charge in [0.15, 0.2) is 0 Å². The summed E-state index contributed by atoms with van der Waals surface area (Å²) in [7, 11) is 0. The molecule has 5 nitrogen and oxygen atoms in total. The molecule has 0 saturated carbocycles. The number of aromatic hydroxyl groups is 1. The third-order valence-corrected chi connectivity index (χ3v) is 4.48. The number of hydrogen-bond acceptors (Lipinski definition) is 3. The Bertz CT molecular complexity index is 686. The van der Waals surface area contributed by atoms with Gasteiger partial charge in [0.05, 0.1) is 11.0 Å². The topological polar surface area (TPSA) is 61.3 Å². The third-order valence-electron chi connectivity index (χ3n) is 4.48. The normalized spacial score (nSPS) is 20.4. The molecular weight excluding hydrogens is 266 g/mol. The van der Waals surface area contributed by atoms with Crippen molar-refractivity contribution < 1.29 is 5.11 Å². The van der Waals surface area contributed by atoms with Gasteiger partial charge in [-0.15, -0.1) is 0 Å². The Labute approximate surface area is 124 Å². The smallest absolute Gasteiger partial charge is 0.326 e. The third kappa shape index (κ3) is 2.83. The van der Waals surface area contributed by atoms with Gasteiger partial charge in [-0.2, -0.15) is 0 Å². The Hall–Kier alpha value is -1.75. The number of fused-ring (bicyclic) bond motifs is 1. The van der Waals surface area contributed by atoms with Crippen LogP contribution in [0.3, 0.4) is 0 Å². The molecule has 1 fully saturated rings. The maximum atomic E-state index is 12.2. The van der Waals surface area contributed by atoms with Crippen molar-refractivity contribution in [1.29, 1.82) is 0 Å². The van der Waals surface area contributed by atoms with Crippen LogP contribution in [0.25, 0.3) is 11.0 Å². The highest BCUT2D eigenvalue weighted by molar-refractivity contribution is 5.76. The summed E-state index contributed by atoms with van der Waals surface area (Å²) in [4.78, 5) is 17.5. The van der Waals surface area contributed by atoms with E-state index in [9.17, 15) is 9.90 Å². The monoisotopic (exact) mass is 289 g/mol. The minimum Gasteiger partial charge on any atom is -0.508 e. The number of H-pyrrole nitrogens is 1. The zero-order valence-electron chi connectivity index (χ0n) is 12.7. The first-order valence-electron chi connectivity index (χ1n) is 7.70. The van der Waals surface area contributed by atoms with Crippen LogP contribution in [0.1, 0.15) is 26.7 Å². The van der Waals surface area contributed by atoms with Gasteiger partial charge < -0.3 is 15.0 Å². The number of hydrogen-bond donors (Lipinski definition) is 2. The summed E-state index contributed by atoms with van der Waals surface area (Å²) in [6.45, 7) is 7.40. The van der Waals surface area contributed by atoms with Crippen LogP contribution in [0, 0.1) is 5.92 Å². The van der Waals surface area contributed by atoms with E-state index < -0.39 is 0 Å². The number of nitrogens with zero attached hydrogens (tertiary/aromatic N) is 2. The molecule has 1 unspecified atom stereocenters. The molecular formula is C16H23N3O2. The Kier molecular flexibility index (Phi) is 3.76. The van der Waals surface area contributed by atoms with E-state index in [2.05, 4.69) is 23.7 Å². The molecule has 0 spiro atoms. The van der Waals surface area contributed by atoms with Gasteiger partial charge >= 0.3 is 5.69 Å². The maximum Gasteiger partial charge on any atom is 0.326 e. The molecule has 2 heterocycles. The number of aromatic amines is 1. The zero-order valence-corrected chi connectivity index (χ0v) is 12.7. The van der Waals surface area contributed by atoms with Gasteiger partial charge in [-0.1, -0.05) is 0 Å². The number of rotatable bonds is 3. The molecule has 21 heavy (non-hydrogen) atoms. The predicted molar refractivity (Wildman–Crippen MR) is 83.7 cm³/mol. The molecule has 0 radical (unpaired) electrons. The Morgan fingerprint density at radius 1 is 1.43 bits per heavy atom.